The highest BCUT2D eigenvalue weighted by atomic mass is 19.3. The van der Waals surface area contributed by atoms with Crippen molar-refractivity contribution in [1.29, 1.82) is 0 Å². The molecule has 0 radical (unpaired) electrons. The van der Waals surface area contributed by atoms with Gasteiger partial charge >= 0.3 is 5.97 Å². The molecular formula is C28H25F2N3O3. The Hall–Kier alpha value is -4.07. The quantitative estimate of drug-likeness (QED) is 0.281. The largest absolute Gasteiger partial charge is 0.464 e. The lowest BCUT2D eigenvalue weighted by Crippen LogP contribution is -2.33. The normalized spacial score (nSPS) is 14.8. The van der Waals surface area contributed by atoms with E-state index < -0.39 is 11.9 Å². The number of hydrogen-bond acceptors (Lipinski definition) is 5. The number of halogens is 2. The van der Waals surface area contributed by atoms with Crippen molar-refractivity contribution in [2.45, 2.75) is 38.2 Å². The predicted octanol–water partition coefficient (Wildman–Crippen LogP) is 6.39. The summed E-state index contributed by atoms with van der Waals surface area (Å²) in [6, 6.07) is 23.1. The number of rotatable bonds is 7. The predicted molar refractivity (Wildman–Crippen MR) is 131 cm³/mol. The molecular weight excluding hydrogens is 464 g/mol. The fourth-order valence-corrected chi connectivity index (χ4v) is 4.27. The van der Waals surface area contributed by atoms with Crippen molar-refractivity contribution in [3.63, 3.8) is 0 Å². The van der Waals surface area contributed by atoms with E-state index in [1.807, 2.05) is 67.6 Å². The van der Waals surface area contributed by atoms with Crippen LogP contribution in [0.2, 0.25) is 0 Å². The molecule has 5 rings (SSSR count). The number of ether oxygens (including phenoxy) is 2. The molecule has 0 N–H and O–H groups in total. The highest BCUT2D eigenvalue weighted by Crippen LogP contribution is 2.48. The number of esters is 1. The molecule has 4 aromatic rings. The van der Waals surface area contributed by atoms with Gasteiger partial charge in [0.1, 0.15) is 5.75 Å². The number of nitrogens with zero attached hydrogens (tertiary/aromatic N) is 3. The second-order valence-corrected chi connectivity index (χ2v) is 9.09. The van der Waals surface area contributed by atoms with E-state index in [0.29, 0.717) is 12.3 Å². The summed E-state index contributed by atoms with van der Waals surface area (Å²) in [4.78, 5) is 12.3. The summed E-state index contributed by atoms with van der Waals surface area (Å²) in [5, 5.41) is 8.07. The van der Waals surface area contributed by atoms with E-state index in [1.165, 1.54) is 11.8 Å². The summed E-state index contributed by atoms with van der Waals surface area (Å²) in [7, 11) is 1.28. The molecule has 1 aliphatic carbocycles. The number of carbonyl (C=O) groups excluding carboxylic acids is 1. The van der Waals surface area contributed by atoms with Crippen molar-refractivity contribution < 1.29 is 23.0 Å². The van der Waals surface area contributed by atoms with Crippen LogP contribution < -0.4 is 4.74 Å². The number of hydrogen-bond donors (Lipinski definition) is 0. The van der Waals surface area contributed by atoms with E-state index in [2.05, 4.69) is 10.3 Å². The van der Waals surface area contributed by atoms with E-state index in [9.17, 15) is 13.6 Å². The number of alkyl halides is 2. The minimum Gasteiger partial charge on any atom is -0.464 e. The first-order valence-electron chi connectivity index (χ1n) is 11.6. The summed E-state index contributed by atoms with van der Waals surface area (Å²) in [6.45, 7) is 2.38. The van der Waals surface area contributed by atoms with Crippen LogP contribution in [0.3, 0.4) is 0 Å². The van der Waals surface area contributed by atoms with Crippen LogP contribution in [0.4, 0.5) is 8.78 Å². The molecule has 0 saturated heterocycles. The molecule has 1 aromatic heterocycles. The van der Waals surface area contributed by atoms with Crippen LogP contribution in [0.5, 0.6) is 11.6 Å². The average molecular weight is 490 g/mol. The smallest absolute Gasteiger partial charge is 0.364 e. The summed E-state index contributed by atoms with van der Waals surface area (Å²) in [5.41, 5.74) is 4.98. The molecule has 0 spiro atoms. The van der Waals surface area contributed by atoms with Gasteiger partial charge in [0.05, 0.1) is 13.7 Å². The highest BCUT2D eigenvalue weighted by molar-refractivity contribution is 5.89. The lowest BCUT2D eigenvalue weighted by molar-refractivity contribution is -0.0867. The van der Waals surface area contributed by atoms with Crippen molar-refractivity contribution in [1.82, 2.24) is 15.0 Å². The fraction of sp³-hybridized carbons (Fsp3) is 0.250. The molecule has 0 atom stereocenters. The first-order chi connectivity index (χ1) is 17.3. The minimum absolute atomic E-state index is 0.00847. The van der Waals surface area contributed by atoms with Gasteiger partial charge in [-0.25, -0.2) is 18.3 Å². The van der Waals surface area contributed by atoms with Gasteiger partial charge in [-0.1, -0.05) is 71.4 Å². The molecule has 1 fully saturated rings. The molecule has 3 aromatic carbocycles. The lowest BCUT2D eigenvalue weighted by atomic mass is 9.76. The lowest BCUT2D eigenvalue weighted by Gasteiger charge is -2.35. The summed E-state index contributed by atoms with van der Waals surface area (Å²) in [6.07, 6.45) is -0.164. The van der Waals surface area contributed by atoms with E-state index in [4.69, 9.17) is 9.47 Å². The first-order valence-corrected chi connectivity index (χ1v) is 11.6. The number of aryl methyl sites for hydroxylation is 1. The Bertz CT molecular complexity index is 1360. The fourth-order valence-electron chi connectivity index (χ4n) is 4.27. The molecule has 8 heteroatoms. The zero-order valence-electron chi connectivity index (χ0n) is 19.9. The Morgan fingerprint density at radius 2 is 1.58 bits per heavy atom. The number of aromatic nitrogens is 3. The Labute approximate surface area is 207 Å². The van der Waals surface area contributed by atoms with Crippen molar-refractivity contribution in [2.75, 3.05) is 7.11 Å². The number of carbonyl (C=O) groups is 1. The van der Waals surface area contributed by atoms with Gasteiger partial charge in [0, 0.05) is 12.8 Å². The third-order valence-electron chi connectivity index (χ3n) is 6.40. The highest BCUT2D eigenvalue weighted by Gasteiger charge is 2.45. The third-order valence-corrected chi connectivity index (χ3v) is 6.40. The van der Waals surface area contributed by atoms with Crippen molar-refractivity contribution in [3.8, 4) is 22.8 Å². The standard InChI is InChI=1S/C28H25F2N3O3/c1-18-3-5-19(6-4-18)17-33-26(25(31-32-33)27(34)35-2)36-24-13-11-21(12-14-24)20-7-9-22(10-8-20)23-15-28(29,30)16-23/h3-14,23H,15-17H2,1-2H3. The molecule has 0 bridgehead atoms. The monoisotopic (exact) mass is 489 g/mol. The van der Waals surface area contributed by atoms with Gasteiger partial charge in [0.2, 0.25) is 11.6 Å². The van der Waals surface area contributed by atoms with Crippen LogP contribution in [0, 0.1) is 6.92 Å². The van der Waals surface area contributed by atoms with Crippen LogP contribution in [0.15, 0.2) is 72.8 Å². The second kappa shape index (κ2) is 9.53. The maximum Gasteiger partial charge on any atom is 0.364 e. The third kappa shape index (κ3) is 4.98. The van der Waals surface area contributed by atoms with Gasteiger partial charge < -0.3 is 9.47 Å². The van der Waals surface area contributed by atoms with Crippen LogP contribution >= 0.6 is 0 Å². The van der Waals surface area contributed by atoms with Gasteiger partial charge in [-0.2, -0.15) is 0 Å². The summed E-state index contributed by atoms with van der Waals surface area (Å²) in [5.74, 6) is -2.55. The second-order valence-electron chi connectivity index (χ2n) is 9.09. The van der Waals surface area contributed by atoms with Crippen LogP contribution in [0.1, 0.15) is 45.9 Å². The average Bonchev–Trinajstić information content (AvgIpc) is 3.26. The number of methoxy groups -OCH3 is 1. The molecule has 0 unspecified atom stereocenters. The van der Waals surface area contributed by atoms with E-state index in [1.54, 1.807) is 12.1 Å². The van der Waals surface area contributed by atoms with Crippen molar-refractivity contribution in [3.05, 3.63) is 95.2 Å². The molecule has 1 aliphatic rings. The van der Waals surface area contributed by atoms with Crippen molar-refractivity contribution >= 4 is 5.97 Å². The Kier molecular flexibility index (Phi) is 6.26. The SMILES string of the molecule is COC(=O)c1nnn(Cc2ccc(C)cc2)c1Oc1ccc(-c2ccc(C3CC(F)(F)C3)cc2)cc1. The van der Waals surface area contributed by atoms with Gasteiger partial charge in [0.25, 0.3) is 5.88 Å². The van der Waals surface area contributed by atoms with Gasteiger partial charge in [-0.05, 0) is 47.2 Å². The first kappa shape index (κ1) is 23.7. The molecule has 0 aliphatic heterocycles. The van der Waals surface area contributed by atoms with E-state index in [0.717, 1.165) is 27.8 Å². The summed E-state index contributed by atoms with van der Waals surface area (Å²) < 4.78 is 38.8. The zero-order valence-corrected chi connectivity index (χ0v) is 19.9. The number of benzene rings is 3. The molecule has 0 amide bonds. The van der Waals surface area contributed by atoms with E-state index in [-0.39, 0.29) is 30.3 Å². The summed E-state index contributed by atoms with van der Waals surface area (Å²) >= 11 is 0. The minimum atomic E-state index is -2.53. The Morgan fingerprint density at radius 3 is 2.17 bits per heavy atom. The molecule has 1 heterocycles. The van der Waals surface area contributed by atoms with Gasteiger partial charge in [-0.15, -0.1) is 5.10 Å². The maximum absolute atomic E-state index is 13.2. The molecule has 184 valence electrons. The molecule has 6 nitrogen and oxygen atoms in total. The van der Waals surface area contributed by atoms with Crippen molar-refractivity contribution in [2.24, 2.45) is 0 Å². The maximum atomic E-state index is 13.2. The van der Waals surface area contributed by atoms with Crippen LogP contribution in [0.25, 0.3) is 11.1 Å². The Balaban J connectivity index is 1.34. The topological polar surface area (TPSA) is 66.2 Å². The van der Waals surface area contributed by atoms with Crippen LogP contribution in [-0.4, -0.2) is 34.0 Å². The van der Waals surface area contributed by atoms with E-state index >= 15 is 0 Å². The van der Waals surface area contributed by atoms with Gasteiger partial charge in [0.15, 0.2) is 0 Å². The van der Waals surface area contributed by atoms with Crippen LogP contribution in [-0.2, 0) is 11.3 Å². The Morgan fingerprint density at radius 1 is 0.972 bits per heavy atom. The molecule has 36 heavy (non-hydrogen) atoms. The molecule has 1 saturated carbocycles. The zero-order chi connectivity index (χ0) is 25.3. The van der Waals surface area contributed by atoms with Gasteiger partial charge in [-0.3, -0.25) is 0 Å².